The zero-order valence-corrected chi connectivity index (χ0v) is 10.5. The monoisotopic (exact) mass is 299 g/mol. The van der Waals surface area contributed by atoms with Crippen molar-refractivity contribution < 1.29 is 27.1 Å². The molecule has 0 aromatic heterocycles. The first-order valence-electron chi connectivity index (χ1n) is 5.07. The van der Waals surface area contributed by atoms with Gasteiger partial charge in [-0.1, -0.05) is 11.6 Å². The Bertz CT molecular complexity index is 464. The highest BCUT2D eigenvalue weighted by molar-refractivity contribution is 6.30. The summed E-state index contributed by atoms with van der Waals surface area (Å²) in [7, 11) is 0.993. The molecule has 1 rings (SSSR count). The van der Waals surface area contributed by atoms with Gasteiger partial charge in [-0.05, 0) is 18.2 Å². The van der Waals surface area contributed by atoms with Gasteiger partial charge in [-0.3, -0.25) is 5.32 Å². The molecule has 19 heavy (non-hydrogen) atoms. The van der Waals surface area contributed by atoms with Crippen molar-refractivity contribution in [1.29, 1.82) is 0 Å². The molecule has 0 aliphatic carbocycles. The number of esters is 1. The van der Waals surface area contributed by atoms with Gasteiger partial charge in [-0.15, -0.1) is 0 Å². The van der Waals surface area contributed by atoms with Gasteiger partial charge >= 0.3 is 12.1 Å². The summed E-state index contributed by atoms with van der Waals surface area (Å²) in [5.41, 5.74) is -0.302. The van der Waals surface area contributed by atoms with Crippen molar-refractivity contribution in [2.75, 3.05) is 13.7 Å². The highest BCUT2D eigenvalue weighted by atomic mass is 35.5. The molecule has 1 atom stereocenters. The van der Waals surface area contributed by atoms with Crippen molar-refractivity contribution >= 4 is 17.6 Å². The standard InChI is InChI=1S/C11H10ClF4NO2/c1-19-10(18)9(17-5-11(14,15)16)7-4-6(12)2-3-8(7)13/h2-4,9,17H,5H2,1H3. The molecular weight excluding hydrogens is 290 g/mol. The molecule has 8 heteroatoms. The second-order valence-electron chi connectivity index (χ2n) is 3.62. The molecule has 0 heterocycles. The Labute approximate surface area is 111 Å². The predicted octanol–water partition coefficient (Wildman–Crippen LogP) is 2.85. The molecule has 0 amide bonds. The summed E-state index contributed by atoms with van der Waals surface area (Å²) < 4.78 is 54.3. The summed E-state index contributed by atoms with van der Waals surface area (Å²) in [6, 6.07) is 1.67. The van der Waals surface area contributed by atoms with E-state index in [2.05, 4.69) is 4.74 Å². The van der Waals surface area contributed by atoms with Crippen LogP contribution >= 0.6 is 11.6 Å². The molecule has 3 nitrogen and oxygen atoms in total. The predicted molar refractivity (Wildman–Crippen MR) is 60.2 cm³/mol. The maximum atomic E-state index is 13.5. The maximum Gasteiger partial charge on any atom is 0.401 e. The zero-order chi connectivity index (χ0) is 14.6. The van der Waals surface area contributed by atoms with Gasteiger partial charge in [0.1, 0.15) is 11.9 Å². The minimum atomic E-state index is -4.54. The van der Waals surface area contributed by atoms with Crippen molar-refractivity contribution in [2.24, 2.45) is 0 Å². The summed E-state index contributed by atoms with van der Waals surface area (Å²) in [4.78, 5) is 11.4. The van der Waals surface area contributed by atoms with E-state index < -0.39 is 30.5 Å². The summed E-state index contributed by atoms with van der Waals surface area (Å²) in [6.45, 7) is -1.46. The lowest BCUT2D eigenvalue weighted by Gasteiger charge is -2.18. The molecular formula is C11H10ClF4NO2. The van der Waals surface area contributed by atoms with Crippen molar-refractivity contribution in [3.05, 3.63) is 34.6 Å². The minimum absolute atomic E-state index is 0.0964. The molecule has 0 bridgehead atoms. The second kappa shape index (κ2) is 6.21. The highest BCUT2D eigenvalue weighted by Gasteiger charge is 2.32. The van der Waals surface area contributed by atoms with E-state index in [1.807, 2.05) is 5.32 Å². The summed E-state index contributed by atoms with van der Waals surface area (Å²) in [5.74, 6) is -1.89. The van der Waals surface area contributed by atoms with Gasteiger partial charge in [0.05, 0.1) is 13.7 Å². The van der Waals surface area contributed by atoms with Crippen LogP contribution < -0.4 is 5.32 Å². The largest absolute Gasteiger partial charge is 0.468 e. The molecule has 1 aromatic carbocycles. The molecule has 0 radical (unpaired) electrons. The molecule has 0 fully saturated rings. The van der Waals surface area contributed by atoms with Crippen LogP contribution in [0.2, 0.25) is 5.02 Å². The van der Waals surface area contributed by atoms with Gasteiger partial charge in [-0.25, -0.2) is 9.18 Å². The Hall–Kier alpha value is -1.34. The summed E-state index contributed by atoms with van der Waals surface area (Å²) in [5, 5.41) is 1.99. The van der Waals surface area contributed by atoms with Crippen LogP contribution in [0.1, 0.15) is 11.6 Å². The fraction of sp³-hybridized carbons (Fsp3) is 0.364. The number of hydrogen-bond donors (Lipinski definition) is 1. The average molecular weight is 300 g/mol. The van der Waals surface area contributed by atoms with Gasteiger partial charge in [0.25, 0.3) is 0 Å². The van der Waals surface area contributed by atoms with Crippen LogP contribution in [0, 0.1) is 5.82 Å². The van der Waals surface area contributed by atoms with Crippen molar-refractivity contribution in [2.45, 2.75) is 12.2 Å². The zero-order valence-electron chi connectivity index (χ0n) is 9.72. The molecule has 1 unspecified atom stereocenters. The number of alkyl halides is 3. The van der Waals surface area contributed by atoms with Gasteiger partial charge in [0.2, 0.25) is 0 Å². The van der Waals surface area contributed by atoms with Crippen LogP contribution in [0.5, 0.6) is 0 Å². The Morgan fingerprint density at radius 3 is 2.63 bits per heavy atom. The van der Waals surface area contributed by atoms with Crippen molar-refractivity contribution in [3.8, 4) is 0 Å². The number of benzene rings is 1. The number of methoxy groups -OCH3 is 1. The number of carbonyl (C=O) groups excluding carboxylic acids is 1. The summed E-state index contributed by atoms with van der Waals surface area (Å²) in [6.07, 6.45) is -4.54. The lowest BCUT2D eigenvalue weighted by molar-refractivity contribution is -0.146. The first-order chi connectivity index (χ1) is 8.74. The van der Waals surface area contributed by atoms with Gasteiger partial charge in [0.15, 0.2) is 0 Å². The maximum absolute atomic E-state index is 13.5. The number of hydrogen-bond acceptors (Lipinski definition) is 3. The molecule has 106 valence electrons. The third-order valence-electron chi connectivity index (χ3n) is 2.21. The second-order valence-corrected chi connectivity index (χ2v) is 4.05. The molecule has 0 saturated carbocycles. The van der Waals surface area contributed by atoms with E-state index in [0.29, 0.717) is 0 Å². The molecule has 0 aliphatic rings. The highest BCUT2D eigenvalue weighted by Crippen LogP contribution is 2.24. The minimum Gasteiger partial charge on any atom is -0.468 e. The van der Waals surface area contributed by atoms with Gasteiger partial charge in [0, 0.05) is 10.6 Å². The molecule has 1 aromatic rings. The average Bonchev–Trinajstić information content (AvgIpc) is 2.31. The summed E-state index contributed by atoms with van der Waals surface area (Å²) >= 11 is 5.63. The third kappa shape index (κ3) is 4.68. The first kappa shape index (κ1) is 15.7. The molecule has 0 saturated heterocycles. The topological polar surface area (TPSA) is 38.3 Å². The van der Waals surface area contributed by atoms with Crippen LogP contribution in [0.3, 0.4) is 0 Å². The van der Waals surface area contributed by atoms with E-state index in [-0.39, 0.29) is 10.6 Å². The van der Waals surface area contributed by atoms with E-state index in [1.54, 1.807) is 0 Å². The quantitative estimate of drug-likeness (QED) is 0.686. The number of carbonyl (C=O) groups is 1. The normalized spacial score (nSPS) is 13.2. The first-order valence-corrected chi connectivity index (χ1v) is 5.45. The van der Waals surface area contributed by atoms with E-state index in [4.69, 9.17) is 11.6 Å². The Kier molecular flexibility index (Phi) is 5.13. The van der Waals surface area contributed by atoms with Crippen LogP contribution in [-0.4, -0.2) is 25.8 Å². The van der Waals surface area contributed by atoms with Gasteiger partial charge < -0.3 is 4.74 Å². The van der Waals surface area contributed by atoms with E-state index in [1.165, 1.54) is 6.07 Å². The number of ether oxygens (including phenoxy) is 1. The van der Waals surface area contributed by atoms with Crippen LogP contribution in [-0.2, 0) is 9.53 Å². The van der Waals surface area contributed by atoms with E-state index in [9.17, 15) is 22.4 Å². The fourth-order valence-corrected chi connectivity index (χ4v) is 1.57. The fourth-order valence-electron chi connectivity index (χ4n) is 1.39. The Morgan fingerprint density at radius 1 is 1.47 bits per heavy atom. The number of halogens is 5. The lowest BCUT2D eigenvalue weighted by atomic mass is 10.1. The Balaban J connectivity index is 3.03. The van der Waals surface area contributed by atoms with Crippen molar-refractivity contribution in [3.63, 3.8) is 0 Å². The van der Waals surface area contributed by atoms with Gasteiger partial charge in [-0.2, -0.15) is 13.2 Å². The molecule has 0 spiro atoms. The Morgan fingerprint density at radius 2 is 2.11 bits per heavy atom. The van der Waals surface area contributed by atoms with E-state index >= 15 is 0 Å². The smallest absolute Gasteiger partial charge is 0.401 e. The van der Waals surface area contributed by atoms with Crippen LogP contribution in [0.4, 0.5) is 17.6 Å². The molecule has 0 aliphatic heterocycles. The lowest BCUT2D eigenvalue weighted by Crippen LogP contribution is -2.37. The van der Waals surface area contributed by atoms with Crippen LogP contribution in [0.15, 0.2) is 18.2 Å². The SMILES string of the molecule is COC(=O)C(NCC(F)(F)F)c1cc(Cl)ccc1F. The van der Waals surface area contributed by atoms with Crippen molar-refractivity contribution in [1.82, 2.24) is 5.32 Å². The number of nitrogens with one attached hydrogen (secondary N) is 1. The van der Waals surface area contributed by atoms with Crippen LogP contribution in [0.25, 0.3) is 0 Å². The number of rotatable bonds is 4. The third-order valence-corrected chi connectivity index (χ3v) is 2.45. The van der Waals surface area contributed by atoms with E-state index in [0.717, 1.165) is 19.2 Å². The molecule has 1 N–H and O–H groups in total.